The van der Waals surface area contributed by atoms with Crippen LogP contribution >= 0.6 is 10.5 Å². The molecule has 0 spiro atoms. The number of cyclic esters (lactones) is 1. The normalized spacial score (nSPS) is 20.1. The van der Waals surface area contributed by atoms with E-state index in [1.807, 2.05) is 30.3 Å². The number of ether oxygens (including phenoxy) is 2. The molecular formula is C16H16O4S. The first-order chi connectivity index (χ1) is 10.2. The predicted octanol–water partition coefficient (Wildman–Crippen LogP) is 2.00. The summed E-state index contributed by atoms with van der Waals surface area (Å²) in [6, 6.07) is 9.40. The SMILES string of the molecule is CCOC(=O)/C1=S(\c2ccccc2)CC#CCCOC1=O. The van der Waals surface area contributed by atoms with Gasteiger partial charge in [0.15, 0.2) is 4.86 Å². The zero-order valence-corrected chi connectivity index (χ0v) is 12.6. The van der Waals surface area contributed by atoms with Crippen LogP contribution in [0.1, 0.15) is 13.3 Å². The number of carbonyl (C=O) groups is 2. The molecule has 1 atom stereocenters. The molecule has 1 heterocycles. The number of hydrogen-bond donors (Lipinski definition) is 0. The van der Waals surface area contributed by atoms with Crippen LogP contribution in [-0.4, -0.2) is 35.8 Å². The van der Waals surface area contributed by atoms with Crippen molar-refractivity contribution in [3.8, 4) is 11.8 Å². The van der Waals surface area contributed by atoms with Gasteiger partial charge in [0.1, 0.15) is 6.61 Å². The lowest BCUT2D eigenvalue weighted by Crippen LogP contribution is -2.29. The summed E-state index contributed by atoms with van der Waals surface area (Å²) in [5.74, 6) is 5.18. The summed E-state index contributed by atoms with van der Waals surface area (Å²) < 4.78 is 10.1. The molecule has 0 bridgehead atoms. The molecule has 0 saturated heterocycles. The fourth-order valence-electron chi connectivity index (χ4n) is 1.81. The van der Waals surface area contributed by atoms with E-state index in [0.717, 1.165) is 4.90 Å². The van der Waals surface area contributed by atoms with Crippen molar-refractivity contribution in [2.24, 2.45) is 0 Å². The molecule has 1 aromatic rings. The van der Waals surface area contributed by atoms with Gasteiger partial charge in [0.2, 0.25) is 0 Å². The summed E-state index contributed by atoms with van der Waals surface area (Å²) in [4.78, 5) is 25.3. The van der Waals surface area contributed by atoms with Gasteiger partial charge in [-0.05, 0) is 19.1 Å². The van der Waals surface area contributed by atoms with E-state index in [9.17, 15) is 9.59 Å². The van der Waals surface area contributed by atoms with Gasteiger partial charge >= 0.3 is 11.9 Å². The molecule has 2 rings (SSSR count). The van der Waals surface area contributed by atoms with Crippen LogP contribution in [0.3, 0.4) is 0 Å². The van der Waals surface area contributed by atoms with E-state index in [0.29, 0.717) is 12.2 Å². The Labute approximate surface area is 126 Å². The Morgan fingerprint density at radius 3 is 2.81 bits per heavy atom. The Morgan fingerprint density at radius 2 is 2.10 bits per heavy atom. The second-order valence-corrected chi connectivity index (χ2v) is 6.09. The van der Waals surface area contributed by atoms with Gasteiger partial charge in [-0.25, -0.2) is 9.59 Å². The Morgan fingerprint density at radius 1 is 1.33 bits per heavy atom. The van der Waals surface area contributed by atoms with Crippen molar-refractivity contribution in [3.63, 3.8) is 0 Å². The van der Waals surface area contributed by atoms with Gasteiger partial charge in [0.25, 0.3) is 0 Å². The maximum atomic E-state index is 12.2. The van der Waals surface area contributed by atoms with E-state index >= 15 is 0 Å². The standard InChI is InChI=1S/C16H16O4S/c1-2-19-15(17)14-16(18)20-11-7-4-8-12-21(14)13-9-5-3-6-10-13/h3,5-6,9-10H,2,7,11-12H2,1H3. The van der Waals surface area contributed by atoms with Gasteiger partial charge in [-0.3, -0.25) is 0 Å². The highest BCUT2D eigenvalue weighted by Crippen LogP contribution is 2.29. The lowest BCUT2D eigenvalue weighted by atomic mass is 10.4. The lowest BCUT2D eigenvalue weighted by Gasteiger charge is -2.13. The van der Waals surface area contributed by atoms with Crippen molar-refractivity contribution >= 4 is 27.3 Å². The van der Waals surface area contributed by atoms with E-state index in [4.69, 9.17) is 9.47 Å². The topological polar surface area (TPSA) is 52.6 Å². The van der Waals surface area contributed by atoms with E-state index < -0.39 is 22.4 Å². The molecule has 1 aliphatic rings. The molecular weight excluding hydrogens is 288 g/mol. The number of esters is 2. The molecule has 5 heteroatoms. The maximum absolute atomic E-state index is 12.2. The Bertz CT molecular complexity index is 623. The minimum absolute atomic E-state index is 0.0549. The zero-order chi connectivity index (χ0) is 15.1. The van der Waals surface area contributed by atoms with Crippen LogP contribution in [0, 0.1) is 11.8 Å². The van der Waals surface area contributed by atoms with Gasteiger partial charge in [0.05, 0.1) is 12.4 Å². The van der Waals surface area contributed by atoms with Crippen molar-refractivity contribution in [2.45, 2.75) is 18.2 Å². The number of rotatable bonds is 3. The predicted molar refractivity (Wildman–Crippen MR) is 82.2 cm³/mol. The Balaban J connectivity index is 2.55. The third-order valence-electron chi connectivity index (χ3n) is 2.72. The van der Waals surface area contributed by atoms with Crippen LogP contribution in [0.25, 0.3) is 0 Å². The smallest absolute Gasteiger partial charge is 0.351 e. The van der Waals surface area contributed by atoms with Crippen LogP contribution < -0.4 is 0 Å². The lowest BCUT2D eigenvalue weighted by molar-refractivity contribution is -0.140. The molecule has 110 valence electrons. The van der Waals surface area contributed by atoms with E-state index in [1.54, 1.807) is 6.92 Å². The summed E-state index contributed by atoms with van der Waals surface area (Å²) in [6.45, 7) is 2.12. The van der Waals surface area contributed by atoms with Gasteiger partial charge in [-0.2, -0.15) is 0 Å². The highest BCUT2D eigenvalue weighted by Gasteiger charge is 2.26. The van der Waals surface area contributed by atoms with Gasteiger partial charge in [-0.1, -0.05) is 30.0 Å². The minimum atomic E-state index is -0.753. The van der Waals surface area contributed by atoms with Crippen molar-refractivity contribution in [2.75, 3.05) is 19.0 Å². The number of hydrogen-bond acceptors (Lipinski definition) is 4. The van der Waals surface area contributed by atoms with Gasteiger partial charge in [0, 0.05) is 11.3 Å². The monoisotopic (exact) mass is 304 g/mol. The highest BCUT2D eigenvalue weighted by molar-refractivity contribution is 8.18. The molecule has 0 aliphatic carbocycles. The zero-order valence-electron chi connectivity index (χ0n) is 11.8. The molecule has 1 unspecified atom stereocenters. The third kappa shape index (κ3) is 3.96. The van der Waals surface area contributed by atoms with Crippen molar-refractivity contribution in [1.82, 2.24) is 0 Å². The fourth-order valence-corrected chi connectivity index (χ4v) is 3.61. The quantitative estimate of drug-likeness (QED) is 0.487. The van der Waals surface area contributed by atoms with E-state index in [-0.39, 0.29) is 18.1 Å². The van der Waals surface area contributed by atoms with Gasteiger partial charge < -0.3 is 9.47 Å². The molecule has 1 aliphatic heterocycles. The molecule has 0 fully saturated rings. The van der Waals surface area contributed by atoms with Crippen LogP contribution in [0.5, 0.6) is 0 Å². The third-order valence-corrected chi connectivity index (χ3v) is 4.82. The second kappa shape index (κ2) is 7.65. The maximum Gasteiger partial charge on any atom is 0.351 e. The van der Waals surface area contributed by atoms with Crippen LogP contribution in [0.2, 0.25) is 0 Å². The molecule has 0 radical (unpaired) electrons. The fraction of sp³-hybridized carbons (Fsp3) is 0.312. The highest BCUT2D eigenvalue weighted by atomic mass is 32.2. The number of carbonyl (C=O) groups excluding carboxylic acids is 2. The van der Waals surface area contributed by atoms with E-state index in [1.165, 1.54) is 0 Å². The molecule has 0 saturated carbocycles. The average Bonchev–Trinajstić information content (AvgIpc) is 2.59. The van der Waals surface area contributed by atoms with E-state index in [2.05, 4.69) is 11.8 Å². The molecule has 0 amide bonds. The van der Waals surface area contributed by atoms with Crippen LogP contribution in [0.15, 0.2) is 35.2 Å². The largest absolute Gasteiger partial charge is 0.462 e. The first-order valence-corrected chi connectivity index (χ1v) is 8.06. The summed E-state index contributed by atoms with van der Waals surface area (Å²) >= 11 is 0. The van der Waals surface area contributed by atoms with Gasteiger partial charge in [-0.15, -0.1) is 10.5 Å². The summed E-state index contributed by atoms with van der Waals surface area (Å²) in [5.41, 5.74) is 0. The average molecular weight is 304 g/mol. The van der Waals surface area contributed by atoms with Crippen molar-refractivity contribution < 1.29 is 19.1 Å². The second-order valence-electron chi connectivity index (χ2n) is 4.14. The minimum Gasteiger partial charge on any atom is -0.462 e. The van der Waals surface area contributed by atoms with Crippen molar-refractivity contribution in [1.29, 1.82) is 0 Å². The summed E-state index contributed by atoms with van der Waals surface area (Å²) in [5, 5.41) is 0. The first kappa shape index (κ1) is 15.3. The number of benzene rings is 1. The van der Waals surface area contributed by atoms with Crippen LogP contribution in [-0.2, 0) is 19.1 Å². The van der Waals surface area contributed by atoms with Crippen molar-refractivity contribution in [3.05, 3.63) is 30.3 Å². The molecule has 0 N–H and O–H groups in total. The Kier molecular flexibility index (Phi) is 5.59. The summed E-state index contributed by atoms with van der Waals surface area (Å²) in [6.07, 6.45) is 0.480. The molecule has 21 heavy (non-hydrogen) atoms. The molecule has 1 aromatic carbocycles. The Hall–Kier alpha value is -2.06. The van der Waals surface area contributed by atoms with Crippen LogP contribution in [0.4, 0.5) is 0 Å². The molecule has 0 aromatic heterocycles. The molecule has 4 nitrogen and oxygen atoms in total. The summed E-state index contributed by atoms with van der Waals surface area (Å²) in [7, 11) is -0.753. The first-order valence-electron chi connectivity index (χ1n) is 6.67.